The molecule has 3 aromatic carbocycles. The SMILES string of the molecule is CN(C1CC1)C(c1ccccc1)c1ccc(F)c(NC(=O)c2cc(C(F)(F)F)nn2-c2cccc(C(=N)N)c2)c1. The molecule has 11 heteroatoms. The fourth-order valence-electron chi connectivity index (χ4n) is 4.67. The van der Waals surface area contributed by atoms with E-state index in [4.69, 9.17) is 11.1 Å². The molecular weight excluding hydrogens is 524 g/mol. The number of nitrogens with zero attached hydrogens (tertiary/aromatic N) is 3. The van der Waals surface area contributed by atoms with Crippen LogP contribution in [0.25, 0.3) is 5.69 Å². The van der Waals surface area contributed by atoms with Gasteiger partial charge in [-0.15, -0.1) is 0 Å². The maximum Gasteiger partial charge on any atom is 0.435 e. The Bertz CT molecular complexity index is 1560. The first-order chi connectivity index (χ1) is 19.0. The Morgan fingerprint density at radius 3 is 2.42 bits per heavy atom. The van der Waals surface area contributed by atoms with E-state index < -0.39 is 29.3 Å². The number of hydrogen-bond acceptors (Lipinski definition) is 4. The van der Waals surface area contributed by atoms with E-state index in [-0.39, 0.29) is 28.8 Å². The number of benzene rings is 3. The van der Waals surface area contributed by atoms with E-state index in [1.807, 2.05) is 37.4 Å². The fourth-order valence-corrected chi connectivity index (χ4v) is 4.67. The summed E-state index contributed by atoms with van der Waals surface area (Å²) in [7, 11) is 1.99. The number of amides is 1. The molecule has 1 aliphatic carbocycles. The number of anilines is 1. The minimum atomic E-state index is -4.83. The maximum absolute atomic E-state index is 15.0. The standard InChI is InChI=1S/C29H26F4N6O/c1-38(20-11-12-20)26(17-6-3-2-4-7-17)18-10-13-22(30)23(15-18)36-28(40)24-16-25(29(31,32)33)37-39(24)21-9-5-8-19(14-21)27(34)35/h2-10,13-16,20,26H,11-12H2,1H3,(H3,34,35)(H,36,40). The summed E-state index contributed by atoms with van der Waals surface area (Å²) in [6, 6.07) is 20.5. The number of nitrogens with one attached hydrogen (secondary N) is 2. The molecule has 1 heterocycles. The summed E-state index contributed by atoms with van der Waals surface area (Å²) in [5, 5.41) is 13.7. The van der Waals surface area contributed by atoms with Gasteiger partial charge in [0.1, 0.15) is 17.3 Å². The number of amidine groups is 1. The smallest absolute Gasteiger partial charge is 0.384 e. The van der Waals surface area contributed by atoms with Crippen LogP contribution in [0.4, 0.5) is 23.2 Å². The minimum Gasteiger partial charge on any atom is -0.384 e. The summed E-state index contributed by atoms with van der Waals surface area (Å²) in [6.07, 6.45) is -2.75. The second-order valence-corrected chi connectivity index (χ2v) is 9.69. The normalized spacial score (nSPS) is 14.2. The van der Waals surface area contributed by atoms with Gasteiger partial charge in [0.05, 0.1) is 17.4 Å². The summed E-state index contributed by atoms with van der Waals surface area (Å²) in [6.45, 7) is 0. The number of carbonyl (C=O) groups excluding carboxylic acids is 1. The predicted octanol–water partition coefficient (Wildman–Crippen LogP) is 5.75. The van der Waals surface area contributed by atoms with Crippen LogP contribution in [0.3, 0.4) is 0 Å². The number of rotatable bonds is 8. The first kappa shape index (κ1) is 27.1. The highest BCUT2D eigenvalue weighted by molar-refractivity contribution is 6.04. The zero-order chi connectivity index (χ0) is 28.6. The van der Waals surface area contributed by atoms with Crippen LogP contribution in [-0.2, 0) is 6.18 Å². The number of aromatic nitrogens is 2. The van der Waals surface area contributed by atoms with Crippen LogP contribution >= 0.6 is 0 Å². The lowest BCUT2D eigenvalue weighted by molar-refractivity contribution is -0.141. The minimum absolute atomic E-state index is 0.0813. The molecule has 0 bridgehead atoms. The van der Waals surface area contributed by atoms with E-state index in [0.717, 1.165) is 28.7 Å². The van der Waals surface area contributed by atoms with Crippen LogP contribution in [0.2, 0.25) is 0 Å². The first-order valence-electron chi connectivity index (χ1n) is 12.5. The number of nitrogens with two attached hydrogens (primary N) is 1. The third-order valence-electron chi connectivity index (χ3n) is 6.83. The van der Waals surface area contributed by atoms with Crippen molar-refractivity contribution in [3.8, 4) is 5.69 Å². The number of hydrogen-bond donors (Lipinski definition) is 3. The monoisotopic (exact) mass is 550 g/mol. The van der Waals surface area contributed by atoms with Crippen LogP contribution in [-0.4, -0.2) is 39.5 Å². The Labute approximate surface area is 227 Å². The highest BCUT2D eigenvalue weighted by Crippen LogP contribution is 2.38. The first-order valence-corrected chi connectivity index (χ1v) is 12.5. The third-order valence-corrected chi connectivity index (χ3v) is 6.83. The van der Waals surface area contributed by atoms with Crippen molar-refractivity contribution in [3.63, 3.8) is 0 Å². The second kappa shape index (κ2) is 10.6. The van der Waals surface area contributed by atoms with E-state index in [0.29, 0.717) is 12.1 Å². The lowest BCUT2D eigenvalue weighted by Gasteiger charge is -2.29. The number of nitrogen functional groups attached to an aromatic ring is 1. The molecule has 4 aromatic rings. The van der Waals surface area contributed by atoms with Crippen molar-refractivity contribution in [1.29, 1.82) is 5.41 Å². The zero-order valence-corrected chi connectivity index (χ0v) is 21.4. The zero-order valence-electron chi connectivity index (χ0n) is 21.4. The second-order valence-electron chi connectivity index (χ2n) is 9.69. The summed E-state index contributed by atoms with van der Waals surface area (Å²) in [4.78, 5) is 15.5. The summed E-state index contributed by atoms with van der Waals surface area (Å²) in [5.74, 6) is -2.03. The molecule has 1 saturated carbocycles. The Balaban J connectivity index is 1.52. The molecule has 0 saturated heterocycles. The van der Waals surface area contributed by atoms with Crippen LogP contribution in [0.1, 0.15) is 51.8 Å². The van der Waals surface area contributed by atoms with Crippen molar-refractivity contribution in [2.75, 3.05) is 12.4 Å². The highest BCUT2D eigenvalue weighted by Gasteiger charge is 2.37. The molecule has 1 fully saturated rings. The van der Waals surface area contributed by atoms with Gasteiger partial charge in [-0.25, -0.2) is 9.07 Å². The maximum atomic E-state index is 15.0. The van der Waals surface area contributed by atoms with E-state index >= 15 is 0 Å². The Kier molecular flexibility index (Phi) is 7.16. The third kappa shape index (κ3) is 5.59. The van der Waals surface area contributed by atoms with Crippen LogP contribution in [0.5, 0.6) is 0 Å². The van der Waals surface area contributed by atoms with E-state index in [9.17, 15) is 22.4 Å². The average molecular weight is 551 g/mol. The number of alkyl halides is 3. The largest absolute Gasteiger partial charge is 0.435 e. The van der Waals surface area contributed by atoms with Crippen LogP contribution < -0.4 is 11.1 Å². The fraction of sp³-hybridized carbons (Fsp3) is 0.207. The lowest BCUT2D eigenvalue weighted by Crippen LogP contribution is -2.28. The molecule has 4 N–H and O–H groups in total. The van der Waals surface area contributed by atoms with Crippen molar-refractivity contribution >= 4 is 17.4 Å². The molecule has 40 heavy (non-hydrogen) atoms. The molecule has 7 nitrogen and oxygen atoms in total. The van der Waals surface area contributed by atoms with Crippen molar-refractivity contribution in [3.05, 3.63) is 113 Å². The molecule has 0 aliphatic heterocycles. The van der Waals surface area contributed by atoms with Crippen molar-refractivity contribution in [2.24, 2.45) is 5.73 Å². The molecular formula is C29H26F4N6O. The van der Waals surface area contributed by atoms with Crippen molar-refractivity contribution < 1.29 is 22.4 Å². The molecule has 0 spiro atoms. The van der Waals surface area contributed by atoms with E-state index in [2.05, 4.69) is 15.3 Å². The van der Waals surface area contributed by atoms with Gasteiger partial charge in [0, 0.05) is 17.7 Å². The molecule has 5 rings (SSSR count). The van der Waals surface area contributed by atoms with Gasteiger partial charge in [0.2, 0.25) is 0 Å². The highest BCUT2D eigenvalue weighted by atomic mass is 19.4. The number of halogens is 4. The van der Waals surface area contributed by atoms with Gasteiger partial charge in [0.15, 0.2) is 5.69 Å². The van der Waals surface area contributed by atoms with Crippen molar-refractivity contribution in [1.82, 2.24) is 14.7 Å². The molecule has 1 aliphatic rings. The quantitative estimate of drug-likeness (QED) is 0.148. The summed E-state index contributed by atoms with van der Waals surface area (Å²) < 4.78 is 56.5. The molecule has 206 valence electrons. The van der Waals surface area contributed by atoms with Crippen LogP contribution in [0.15, 0.2) is 78.9 Å². The molecule has 1 unspecified atom stereocenters. The van der Waals surface area contributed by atoms with Gasteiger partial charge in [-0.05, 0) is 55.3 Å². The van der Waals surface area contributed by atoms with Gasteiger partial charge >= 0.3 is 6.18 Å². The van der Waals surface area contributed by atoms with Gasteiger partial charge in [-0.3, -0.25) is 15.1 Å². The van der Waals surface area contributed by atoms with Gasteiger partial charge in [-0.1, -0.05) is 48.5 Å². The van der Waals surface area contributed by atoms with Gasteiger partial charge in [-0.2, -0.15) is 18.3 Å². The average Bonchev–Trinajstić information content (AvgIpc) is 3.67. The predicted molar refractivity (Wildman–Crippen MR) is 143 cm³/mol. The van der Waals surface area contributed by atoms with Crippen LogP contribution in [0, 0.1) is 11.2 Å². The van der Waals surface area contributed by atoms with E-state index in [1.54, 1.807) is 6.07 Å². The number of carbonyl (C=O) groups is 1. The summed E-state index contributed by atoms with van der Waals surface area (Å²) >= 11 is 0. The Morgan fingerprint density at radius 2 is 1.77 bits per heavy atom. The molecule has 0 radical (unpaired) electrons. The Morgan fingerprint density at radius 1 is 1.05 bits per heavy atom. The van der Waals surface area contributed by atoms with Gasteiger partial charge < -0.3 is 11.1 Å². The Hall–Kier alpha value is -4.51. The van der Waals surface area contributed by atoms with E-state index in [1.165, 1.54) is 36.4 Å². The lowest BCUT2D eigenvalue weighted by atomic mass is 9.96. The van der Waals surface area contributed by atoms with Gasteiger partial charge in [0.25, 0.3) is 5.91 Å². The molecule has 1 aromatic heterocycles. The molecule has 1 amide bonds. The topological polar surface area (TPSA) is 100 Å². The molecule has 1 atom stereocenters. The summed E-state index contributed by atoms with van der Waals surface area (Å²) in [5.41, 5.74) is 5.61. The van der Waals surface area contributed by atoms with Crippen molar-refractivity contribution in [2.45, 2.75) is 31.1 Å².